The highest BCUT2D eigenvalue weighted by Crippen LogP contribution is 2.21. The lowest BCUT2D eigenvalue weighted by Gasteiger charge is -2.01. The molecule has 19 heavy (non-hydrogen) atoms. The van der Waals surface area contributed by atoms with Crippen molar-refractivity contribution in [2.24, 2.45) is 0 Å². The Balaban J connectivity index is 2.08. The van der Waals surface area contributed by atoms with Crippen molar-refractivity contribution in [3.05, 3.63) is 68.6 Å². The Morgan fingerprint density at radius 2 is 1.00 bits per heavy atom. The summed E-state index contributed by atoms with van der Waals surface area (Å²) in [6.07, 6.45) is 0. The van der Waals surface area contributed by atoms with Gasteiger partial charge in [-0.1, -0.05) is 31.9 Å². The third kappa shape index (κ3) is 4.03. The van der Waals surface area contributed by atoms with Gasteiger partial charge >= 0.3 is 0 Å². The van der Waals surface area contributed by atoms with E-state index in [4.69, 9.17) is 0 Å². The van der Waals surface area contributed by atoms with Gasteiger partial charge in [0.1, 0.15) is 0 Å². The highest BCUT2D eigenvalue weighted by molar-refractivity contribution is 9.10. The van der Waals surface area contributed by atoms with Crippen molar-refractivity contribution in [2.75, 3.05) is 0 Å². The second-order valence-electron chi connectivity index (χ2n) is 3.69. The zero-order valence-corrected chi connectivity index (χ0v) is 13.6. The number of rotatable bonds is 2. The third-order valence-corrected chi connectivity index (χ3v) is 4.24. The molecule has 0 atom stereocenters. The predicted molar refractivity (Wildman–Crippen MR) is 84.5 cm³/mol. The number of hydrogen-bond donors (Lipinski definition) is 0. The lowest BCUT2D eigenvalue weighted by atomic mass is 10.2. The molecule has 0 saturated heterocycles. The van der Waals surface area contributed by atoms with E-state index in [9.17, 15) is 9.59 Å². The van der Waals surface area contributed by atoms with E-state index in [2.05, 4.69) is 31.9 Å². The average Bonchev–Trinajstić information content (AvgIpc) is 2.40. The molecule has 0 aliphatic heterocycles. The van der Waals surface area contributed by atoms with Crippen LogP contribution in [0.15, 0.2) is 57.5 Å². The van der Waals surface area contributed by atoms with Crippen LogP contribution in [-0.4, -0.2) is 10.2 Å². The molecule has 0 saturated carbocycles. The summed E-state index contributed by atoms with van der Waals surface area (Å²) in [6.45, 7) is 0. The minimum absolute atomic E-state index is 0.250. The van der Waals surface area contributed by atoms with E-state index in [0.717, 1.165) is 8.95 Å². The van der Waals surface area contributed by atoms with Crippen LogP contribution in [0.4, 0.5) is 0 Å². The summed E-state index contributed by atoms with van der Waals surface area (Å²) >= 11 is 7.31. The Morgan fingerprint density at radius 3 is 1.32 bits per heavy atom. The number of halogens is 2. The van der Waals surface area contributed by atoms with Gasteiger partial charge in [0, 0.05) is 20.1 Å². The molecule has 0 heterocycles. The quantitative estimate of drug-likeness (QED) is 0.718. The first kappa shape index (κ1) is 14.5. The van der Waals surface area contributed by atoms with Crippen molar-refractivity contribution in [3.63, 3.8) is 0 Å². The SMILES string of the molecule is O=C(SC(=O)c1ccc(Br)cc1)c1ccc(Br)cc1. The van der Waals surface area contributed by atoms with Crippen LogP contribution in [0.1, 0.15) is 20.7 Å². The zero-order valence-electron chi connectivity index (χ0n) is 9.60. The summed E-state index contributed by atoms with van der Waals surface area (Å²) < 4.78 is 1.79. The van der Waals surface area contributed by atoms with Crippen molar-refractivity contribution in [3.8, 4) is 0 Å². The van der Waals surface area contributed by atoms with Gasteiger partial charge in [0.05, 0.1) is 0 Å². The van der Waals surface area contributed by atoms with E-state index < -0.39 is 0 Å². The van der Waals surface area contributed by atoms with Crippen molar-refractivity contribution in [1.82, 2.24) is 0 Å². The summed E-state index contributed by atoms with van der Waals surface area (Å²) in [6, 6.07) is 13.9. The first-order chi connectivity index (χ1) is 9.06. The van der Waals surface area contributed by atoms with Crippen molar-refractivity contribution >= 4 is 53.9 Å². The molecule has 0 N–H and O–H groups in total. The summed E-state index contributed by atoms with van der Waals surface area (Å²) in [7, 11) is 0. The molecule has 0 amide bonds. The molecule has 0 aromatic heterocycles. The minimum Gasteiger partial charge on any atom is -0.281 e. The fraction of sp³-hybridized carbons (Fsp3) is 0. The van der Waals surface area contributed by atoms with Crippen LogP contribution in [0.2, 0.25) is 0 Å². The molecule has 0 bridgehead atoms. The van der Waals surface area contributed by atoms with Gasteiger partial charge in [-0.15, -0.1) is 0 Å². The normalized spacial score (nSPS) is 10.2. The van der Waals surface area contributed by atoms with Gasteiger partial charge < -0.3 is 0 Å². The highest BCUT2D eigenvalue weighted by atomic mass is 79.9. The largest absolute Gasteiger partial charge is 0.281 e. The molecule has 0 fully saturated rings. The van der Waals surface area contributed by atoms with Gasteiger partial charge in [-0.05, 0) is 60.3 Å². The minimum atomic E-state index is -0.250. The summed E-state index contributed by atoms with van der Waals surface area (Å²) in [5.41, 5.74) is 1.03. The molecular weight excluding hydrogens is 392 g/mol. The van der Waals surface area contributed by atoms with Crippen molar-refractivity contribution < 1.29 is 9.59 Å². The van der Waals surface area contributed by atoms with Gasteiger partial charge in [-0.2, -0.15) is 0 Å². The van der Waals surface area contributed by atoms with Crippen LogP contribution in [0.3, 0.4) is 0 Å². The number of carbonyl (C=O) groups is 2. The summed E-state index contributed by atoms with van der Waals surface area (Å²) in [4.78, 5) is 23.8. The molecule has 5 heteroatoms. The number of hydrogen-bond acceptors (Lipinski definition) is 3. The molecule has 96 valence electrons. The van der Waals surface area contributed by atoms with Crippen LogP contribution in [0, 0.1) is 0 Å². The third-order valence-electron chi connectivity index (χ3n) is 2.35. The molecule has 2 aromatic carbocycles. The Morgan fingerprint density at radius 1 is 0.684 bits per heavy atom. The van der Waals surface area contributed by atoms with Gasteiger partial charge in [0.25, 0.3) is 0 Å². The van der Waals surface area contributed by atoms with Crippen LogP contribution in [0.5, 0.6) is 0 Å². The maximum absolute atomic E-state index is 11.9. The molecule has 2 rings (SSSR count). The fourth-order valence-electron chi connectivity index (χ4n) is 1.37. The molecule has 0 radical (unpaired) electrons. The van der Waals surface area contributed by atoms with Crippen LogP contribution in [0.25, 0.3) is 0 Å². The lowest BCUT2D eigenvalue weighted by molar-refractivity contribution is 0.106. The van der Waals surface area contributed by atoms with E-state index in [1.807, 2.05) is 0 Å². The van der Waals surface area contributed by atoms with E-state index in [0.29, 0.717) is 22.9 Å². The topological polar surface area (TPSA) is 34.1 Å². The molecule has 0 unspecified atom stereocenters. The first-order valence-electron chi connectivity index (χ1n) is 5.34. The second-order valence-corrected chi connectivity index (χ2v) is 6.47. The van der Waals surface area contributed by atoms with Gasteiger partial charge in [0.2, 0.25) is 10.2 Å². The smallest absolute Gasteiger partial charge is 0.227 e. The van der Waals surface area contributed by atoms with E-state index in [-0.39, 0.29) is 10.2 Å². The van der Waals surface area contributed by atoms with E-state index >= 15 is 0 Å². The molecule has 0 aliphatic rings. The van der Waals surface area contributed by atoms with Gasteiger partial charge in [-0.25, -0.2) is 0 Å². The molecule has 0 spiro atoms. The average molecular weight is 400 g/mol. The standard InChI is InChI=1S/C14H8Br2O2S/c15-11-5-1-9(2-6-11)13(17)19-14(18)10-3-7-12(16)8-4-10/h1-8H. The number of thioether (sulfide) groups is 1. The molecule has 2 nitrogen and oxygen atoms in total. The Hall–Kier alpha value is -0.910. The molecule has 2 aromatic rings. The van der Waals surface area contributed by atoms with Crippen LogP contribution < -0.4 is 0 Å². The van der Waals surface area contributed by atoms with Crippen LogP contribution >= 0.6 is 43.6 Å². The van der Waals surface area contributed by atoms with E-state index in [1.165, 1.54) is 0 Å². The lowest BCUT2D eigenvalue weighted by Crippen LogP contribution is -2.00. The Labute approximate surface area is 131 Å². The predicted octanol–water partition coefficient (Wildman–Crippen LogP) is 4.93. The molecule has 0 aliphatic carbocycles. The monoisotopic (exact) mass is 398 g/mol. The number of carbonyl (C=O) groups excluding carboxylic acids is 2. The first-order valence-corrected chi connectivity index (χ1v) is 7.74. The maximum Gasteiger partial charge on any atom is 0.227 e. The van der Waals surface area contributed by atoms with Gasteiger partial charge in [-0.3, -0.25) is 9.59 Å². The van der Waals surface area contributed by atoms with Crippen molar-refractivity contribution in [2.45, 2.75) is 0 Å². The second kappa shape index (κ2) is 6.50. The fourth-order valence-corrected chi connectivity index (χ4v) is 2.58. The van der Waals surface area contributed by atoms with E-state index in [1.54, 1.807) is 48.5 Å². The summed E-state index contributed by atoms with van der Waals surface area (Å²) in [5.74, 6) is 0. The molecular formula is C14H8Br2O2S. The van der Waals surface area contributed by atoms with Crippen LogP contribution in [-0.2, 0) is 0 Å². The Bertz CT molecular complexity index is 551. The Kier molecular flexibility index (Phi) is 4.96. The highest BCUT2D eigenvalue weighted by Gasteiger charge is 2.14. The number of benzene rings is 2. The van der Waals surface area contributed by atoms with Gasteiger partial charge in [0.15, 0.2) is 0 Å². The van der Waals surface area contributed by atoms with Crippen molar-refractivity contribution in [1.29, 1.82) is 0 Å². The zero-order chi connectivity index (χ0) is 13.8. The summed E-state index contributed by atoms with van der Waals surface area (Å²) in [5, 5.41) is -0.499. The maximum atomic E-state index is 11.9.